The zero-order chi connectivity index (χ0) is 9.73. The number of hydrogen-bond donors (Lipinski definition) is 2. The van der Waals surface area contributed by atoms with E-state index in [0.29, 0.717) is 6.04 Å². The summed E-state index contributed by atoms with van der Waals surface area (Å²) >= 11 is 0. The maximum atomic E-state index is 5.67. The summed E-state index contributed by atoms with van der Waals surface area (Å²) in [5.74, 6) is 0. The van der Waals surface area contributed by atoms with Crippen molar-refractivity contribution in [1.82, 2.24) is 5.32 Å². The van der Waals surface area contributed by atoms with Crippen LogP contribution < -0.4 is 11.1 Å². The number of nitrogens with one attached hydrogen (secondary N) is 1. The van der Waals surface area contributed by atoms with Gasteiger partial charge in [-0.3, -0.25) is 0 Å². The summed E-state index contributed by atoms with van der Waals surface area (Å²) in [6, 6.07) is 0.328. The quantitative estimate of drug-likeness (QED) is 0.627. The third-order valence-corrected chi connectivity index (χ3v) is 2.61. The maximum Gasteiger partial charge on any atom is 0.0646 e. The fraction of sp³-hybridized carbons (Fsp3) is 1.00. The number of ether oxygens (including phenoxy) is 1. The van der Waals surface area contributed by atoms with Gasteiger partial charge in [0.15, 0.2) is 0 Å². The molecule has 3 heteroatoms. The Balaban J connectivity index is 2.04. The zero-order valence-electron chi connectivity index (χ0n) is 8.81. The second-order valence-corrected chi connectivity index (χ2v) is 4.41. The van der Waals surface area contributed by atoms with Crippen LogP contribution in [0.5, 0.6) is 0 Å². The van der Waals surface area contributed by atoms with Gasteiger partial charge < -0.3 is 15.8 Å². The van der Waals surface area contributed by atoms with Gasteiger partial charge in [0, 0.05) is 18.2 Å². The molecule has 0 aliphatic carbocycles. The average molecular weight is 186 g/mol. The van der Waals surface area contributed by atoms with Gasteiger partial charge in [-0.2, -0.15) is 0 Å². The molecular formula is C10H22N2O. The maximum absolute atomic E-state index is 5.67. The Morgan fingerprint density at radius 1 is 1.62 bits per heavy atom. The molecule has 1 aliphatic rings. The van der Waals surface area contributed by atoms with E-state index in [2.05, 4.69) is 19.2 Å². The second-order valence-electron chi connectivity index (χ2n) is 4.41. The standard InChI is InChI=1S/C10H22N2O/c1-9(11)4-3-6-12-10(2)5-7-13-8-10/h9,12H,3-8,11H2,1-2H3. The topological polar surface area (TPSA) is 47.3 Å². The van der Waals surface area contributed by atoms with Crippen LogP contribution in [0.2, 0.25) is 0 Å². The number of hydrogen-bond acceptors (Lipinski definition) is 3. The van der Waals surface area contributed by atoms with Gasteiger partial charge in [-0.05, 0) is 39.7 Å². The Kier molecular flexibility index (Phi) is 4.16. The van der Waals surface area contributed by atoms with E-state index >= 15 is 0 Å². The minimum atomic E-state index is 0.220. The summed E-state index contributed by atoms with van der Waals surface area (Å²) in [7, 11) is 0. The van der Waals surface area contributed by atoms with Crippen LogP contribution in [-0.4, -0.2) is 31.3 Å². The molecule has 0 radical (unpaired) electrons. The highest BCUT2D eigenvalue weighted by molar-refractivity contribution is 4.86. The molecule has 2 atom stereocenters. The molecule has 2 unspecified atom stereocenters. The largest absolute Gasteiger partial charge is 0.379 e. The van der Waals surface area contributed by atoms with Crippen molar-refractivity contribution in [3.63, 3.8) is 0 Å². The first-order valence-corrected chi connectivity index (χ1v) is 5.21. The van der Waals surface area contributed by atoms with Crippen LogP contribution in [-0.2, 0) is 4.74 Å². The lowest BCUT2D eigenvalue weighted by molar-refractivity contribution is 0.171. The Morgan fingerprint density at radius 2 is 2.38 bits per heavy atom. The SMILES string of the molecule is CC(N)CCCNC1(C)CCOC1. The lowest BCUT2D eigenvalue weighted by atomic mass is 10.0. The molecule has 0 aromatic heterocycles. The fourth-order valence-electron chi connectivity index (χ4n) is 1.62. The molecule has 1 fully saturated rings. The van der Waals surface area contributed by atoms with Crippen molar-refractivity contribution in [2.24, 2.45) is 5.73 Å². The molecule has 1 rings (SSSR count). The molecule has 0 bridgehead atoms. The van der Waals surface area contributed by atoms with Crippen LogP contribution in [0.1, 0.15) is 33.1 Å². The Hall–Kier alpha value is -0.120. The Bertz CT molecular complexity index is 142. The first-order chi connectivity index (χ1) is 6.12. The molecule has 3 N–H and O–H groups in total. The minimum Gasteiger partial charge on any atom is -0.379 e. The van der Waals surface area contributed by atoms with Crippen molar-refractivity contribution in [2.75, 3.05) is 19.8 Å². The highest BCUT2D eigenvalue weighted by atomic mass is 16.5. The first-order valence-electron chi connectivity index (χ1n) is 5.21. The van der Waals surface area contributed by atoms with E-state index in [0.717, 1.165) is 39.0 Å². The van der Waals surface area contributed by atoms with Gasteiger partial charge in [0.2, 0.25) is 0 Å². The van der Waals surface area contributed by atoms with Crippen molar-refractivity contribution in [3.05, 3.63) is 0 Å². The molecule has 0 aromatic carbocycles. The molecule has 13 heavy (non-hydrogen) atoms. The van der Waals surface area contributed by atoms with Gasteiger partial charge in [-0.15, -0.1) is 0 Å². The summed E-state index contributed by atoms with van der Waals surface area (Å²) in [5, 5.41) is 3.53. The Morgan fingerprint density at radius 3 is 2.92 bits per heavy atom. The number of rotatable bonds is 5. The summed E-state index contributed by atoms with van der Waals surface area (Å²) in [4.78, 5) is 0. The van der Waals surface area contributed by atoms with Gasteiger partial charge in [0.05, 0.1) is 6.61 Å². The van der Waals surface area contributed by atoms with Crippen LogP contribution in [0.25, 0.3) is 0 Å². The monoisotopic (exact) mass is 186 g/mol. The van der Waals surface area contributed by atoms with E-state index in [1.165, 1.54) is 0 Å². The third-order valence-electron chi connectivity index (χ3n) is 2.61. The predicted octanol–water partition coefficient (Wildman–Crippen LogP) is 0.882. The molecule has 78 valence electrons. The average Bonchev–Trinajstić information content (AvgIpc) is 2.47. The highest BCUT2D eigenvalue weighted by Gasteiger charge is 2.28. The van der Waals surface area contributed by atoms with Crippen LogP contribution in [0.4, 0.5) is 0 Å². The molecule has 0 amide bonds. The van der Waals surface area contributed by atoms with Gasteiger partial charge in [-0.1, -0.05) is 0 Å². The van der Waals surface area contributed by atoms with Crippen molar-refractivity contribution >= 4 is 0 Å². The number of nitrogens with two attached hydrogens (primary N) is 1. The van der Waals surface area contributed by atoms with E-state index in [4.69, 9.17) is 10.5 Å². The predicted molar refractivity (Wildman–Crippen MR) is 54.7 cm³/mol. The third kappa shape index (κ3) is 4.07. The molecular weight excluding hydrogens is 164 g/mol. The molecule has 1 heterocycles. The smallest absolute Gasteiger partial charge is 0.0646 e. The van der Waals surface area contributed by atoms with Crippen LogP contribution in [0.15, 0.2) is 0 Å². The van der Waals surface area contributed by atoms with Crippen molar-refractivity contribution in [2.45, 2.75) is 44.7 Å². The van der Waals surface area contributed by atoms with E-state index < -0.39 is 0 Å². The summed E-state index contributed by atoms with van der Waals surface area (Å²) in [5.41, 5.74) is 5.89. The first kappa shape index (κ1) is 11.0. The summed E-state index contributed by atoms with van der Waals surface area (Å²) in [6.07, 6.45) is 3.39. The summed E-state index contributed by atoms with van der Waals surface area (Å²) < 4.78 is 5.35. The highest BCUT2D eigenvalue weighted by Crippen LogP contribution is 2.17. The molecule has 3 nitrogen and oxygen atoms in total. The van der Waals surface area contributed by atoms with Gasteiger partial charge in [0.25, 0.3) is 0 Å². The lowest BCUT2D eigenvalue weighted by Gasteiger charge is -2.23. The van der Waals surface area contributed by atoms with E-state index in [1.54, 1.807) is 0 Å². The molecule has 1 saturated heterocycles. The van der Waals surface area contributed by atoms with Gasteiger partial charge >= 0.3 is 0 Å². The second kappa shape index (κ2) is 4.94. The van der Waals surface area contributed by atoms with Crippen molar-refractivity contribution in [3.8, 4) is 0 Å². The summed E-state index contributed by atoms with van der Waals surface area (Å²) in [6.45, 7) is 7.09. The molecule has 1 aliphatic heterocycles. The van der Waals surface area contributed by atoms with Crippen LogP contribution in [0.3, 0.4) is 0 Å². The lowest BCUT2D eigenvalue weighted by Crippen LogP contribution is -2.43. The minimum absolute atomic E-state index is 0.220. The van der Waals surface area contributed by atoms with E-state index in [9.17, 15) is 0 Å². The van der Waals surface area contributed by atoms with Crippen LogP contribution in [0, 0.1) is 0 Å². The van der Waals surface area contributed by atoms with Gasteiger partial charge in [-0.25, -0.2) is 0 Å². The fourth-order valence-corrected chi connectivity index (χ4v) is 1.62. The molecule has 0 aromatic rings. The molecule has 0 spiro atoms. The van der Waals surface area contributed by atoms with Crippen molar-refractivity contribution in [1.29, 1.82) is 0 Å². The zero-order valence-corrected chi connectivity index (χ0v) is 8.81. The van der Waals surface area contributed by atoms with E-state index in [1.807, 2.05) is 0 Å². The Labute approximate surface area is 81.0 Å². The van der Waals surface area contributed by atoms with Crippen molar-refractivity contribution < 1.29 is 4.74 Å². The normalized spacial score (nSPS) is 30.7. The van der Waals surface area contributed by atoms with Crippen LogP contribution >= 0.6 is 0 Å². The molecule has 0 saturated carbocycles. The van der Waals surface area contributed by atoms with Gasteiger partial charge in [0.1, 0.15) is 0 Å². The van der Waals surface area contributed by atoms with E-state index in [-0.39, 0.29) is 5.54 Å².